The van der Waals surface area contributed by atoms with Crippen LogP contribution in [0.25, 0.3) is 6.08 Å². The van der Waals surface area contributed by atoms with Crippen molar-refractivity contribution in [3.8, 4) is 11.5 Å². The summed E-state index contributed by atoms with van der Waals surface area (Å²) >= 11 is 0. The second kappa shape index (κ2) is 12.4. The third-order valence-electron chi connectivity index (χ3n) is 7.51. The molecule has 3 aromatic heterocycles. The molecule has 2 atom stereocenters. The highest BCUT2D eigenvalue weighted by Gasteiger charge is 2.45. The quantitative estimate of drug-likeness (QED) is 0.239. The number of amides is 2. The number of methoxy groups -OCH3 is 2. The van der Waals surface area contributed by atoms with Crippen LogP contribution in [0, 0.1) is 5.92 Å². The van der Waals surface area contributed by atoms with E-state index in [4.69, 9.17) is 32.6 Å². The Morgan fingerprint density at radius 2 is 1.75 bits per heavy atom. The Bertz CT molecular complexity index is 1700. The van der Waals surface area contributed by atoms with Gasteiger partial charge in [-0.05, 0) is 67.3 Å². The van der Waals surface area contributed by atoms with Gasteiger partial charge in [-0.25, -0.2) is 9.80 Å². The van der Waals surface area contributed by atoms with Crippen LogP contribution in [0.5, 0.6) is 11.5 Å². The number of hydrazone groups is 1. The summed E-state index contributed by atoms with van der Waals surface area (Å²) in [6.07, 6.45) is 8.93. The number of benzene rings is 1. The average Bonchev–Trinajstić information content (AvgIpc) is 3.86. The molecular weight excluding hydrogens is 570 g/mol. The lowest BCUT2D eigenvalue weighted by Gasteiger charge is -2.27. The lowest BCUT2D eigenvalue weighted by Crippen LogP contribution is -2.34. The molecule has 0 radical (unpaired) electrons. The van der Waals surface area contributed by atoms with Gasteiger partial charge >= 0.3 is 5.97 Å². The molecule has 4 heterocycles. The minimum Gasteiger partial charge on any atom is -0.493 e. The average molecular weight is 600 g/mol. The fraction of sp³-hybridized carbons (Fsp3) is 0.250. The summed E-state index contributed by atoms with van der Waals surface area (Å²) < 4.78 is 32.6. The van der Waals surface area contributed by atoms with Gasteiger partial charge in [0.2, 0.25) is 0 Å². The minimum atomic E-state index is -0.869. The van der Waals surface area contributed by atoms with Crippen LogP contribution in [0.2, 0.25) is 0 Å². The second-order valence-corrected chi connectivity index (χ2v) is 10.1. The molecular formula is C32H29N3O9. The number of carbonyl (C=O) groups excluding carboxylic acids is 3. The van der Waals surface area contributed by atoms with E-state index in [9.17, 15) is 14.4 Å². The zero-order chi connectivity index (χ0) is 30.6. The van der Waals surface area contributed by atoms with Crippen LogP contribution in [0.3, 0.4) is 0 Å². The third-order valence-corrected chi connectivity index (χ3v) is 7.51. The van der Waals surface area contributed by atoms with Crippen LogP contribution in [-0.4, -0.2) is 49.3 Å². The van der Waals surface area contributed by atoms with Gasteiger partial charge < -0.3 is 32.8 Å². The van der Waals surface area contributed by atoms with Crippen molar-refractivity contribution in [2.24, 2.45) is 11.0 Å². The van der Waals surface area contributed by atoms with Gasteiger partial charge in [-0.15, -0.1) is 0 Å². The molecule has 226 valence electrons. The normalized spacial score (nSPS) is 18.5. The Hall–Kier alpha value is -5.52. The van der Waals surface area contributed by atoms with E-state index < -0.39 is 30.4 Å². The monoisotopic (exact) mass is 599 g/mol. The summed E-state index contributed by atoms with van der Waals surface area (Å²) in [6.45, 7) is -0.614. The fourth-order valence-electron chi connectivity index (χ4n) is 5.50. The van der Waals surface area contributed by atoms with Gasteiger partial charge in [0.25, 0.3) is 11.8 Å². The molecule has 1 N–H and O–H groups in total. The number of anilines is 1. The van der Waals surface area contributed by atoms with Crippen molar-refractivity contribution >= 4 is 35.3 Å². The number of hydrogen-bond acceptors (Lipinski definition) is 10. The van der Waals surface area contributed by atoms with Crippen molar-refractivity contribution in [1.82, 2.24) is 5.01 Å². The van der Waals surface area contributed by atoms with Gasteiger partial charge in [0.05, 0.1) is 50.0 Å². The number of nitrogens with zero attached hydrogens (tertiary/aromatic N) is 2. The highest BCUT2D eigenvalue weighted by atomic mass is 16.5. The molecule has 12 nitrogen and oxygen atoms in total. The molecule has 2 aliphatic rings. The predicted molar refractivity (Wildman–Crippen MR) is 156 cm³/mol. The first kappa shape index (κ1) is 28.6. The smallest absolute Gasteiger partial charge is 0.340 e. The van der Waals surface area contributed by atoms with E-state index in [1.807, 2.05) is 18.2 Å². The minimum absolute atomic E-state index is 0.0355. The molecule has 0 spiro atoms. The highest BCUT2D eigenvalue weighted by molar-refractivity contribution is 6.09. The predicted octanol–water partition coefficient (Wildman–Crippen LogP) is 5.72. The maximum atomic E-state index is 13.6. The molecule has 2 unspecified atom stereocenters. The SMILES string of the molecule is COc1cc(NC(=O)c2ccco2)c(C(=O)OCC(=O)N2N=C3C(=Cc4ccco4)CCCC3C2c2ccco2)cc1OC. The number of ether oxygens (including phenoxy) is 3. The van der Waals surface area contributed by atoms with Crippen LogP contribution in [-0.2, 0) is 9.53 Å². The maximum Gasteiger partial charge on any atom is 0.340 e. The van der Waals surface area contributed by atoms with E-state index in [2.05, 4.69) is 5.32 Å². The van der Waals surface area contributed by atoms with E-state index in [0.717, 1.165) is 30.5 Å². The van der Waals surface area contributed by atoms with Crippen molar-refractivity contribution in [2.45, 2.75) is 25.3 Å². The number of rotatable bonds is 9. The van der Waals surface area contributed by atoms with E-state index in [1.165, 1.54) is 43.7 Å². The third kappa shape index (κ3) is 5.61. The van der Waals surface area contributed by atoms with Gasteiger partial charge in [-0.3, -0.25) is 9.59 Å². The summed E-state index contributed by atoms with van der Waals surface area (Å²) in [5.41, 5.74) is 1.77. The van der Waals surface area contributed by atoms with Crippen LogP contribution in [0.15, 0.2) is 91.2 Å². The summed E-state index contributed by atoms with van der Waals surface area (Å²) in [6, 6.07) is 12.6. The first-order valence-corrected chi connectivity index (χ1v) is 13.9. The van der Waals surface area contributed by atoms with Gasteiger partial charge in [0.15, 0.2) is 23.9 Å². The molecule has 12 heteroatoms. The number of hydrogen-bond donors (Lipinski definition) is 1. The zero-order valence-electron chi connectivity index (χ0n) is 24.0. The van der Waals surface area contributed by atoms with E-state index in [1.54, 1.807) is 30.7 Å². The summed E-state index contributed by atoms with van der Waals surface area (Å²) in [7, 11) is 2.83. The Morgan fingerprint density at radius 3 is 2.45 bits per heavy atom. The maximum absolute atomic E-state index is 13.6. The lowest BCUT2D eigenvalue weighted by molar-refractivity contribution is -0.137. The van der Waals surface area contributed by atoms with Crippen molar-refractivity contribution < 1.29 is 41.8 Å². The Labute approximate surface area is 251 Å². The van der Waals surface area contributed by atoms with Crippen molar-refractivity contribution in [1.29, 1.82) is 0 Å². The summed E-state index contributed by atoms with van der Waals surface area (Å²) in [4.78, 5) is 39.7. The zero-order valence-corrected chi connectivity index (χ0v) is 24.0. The van der Waals surface area contributed by atoms with E-state index in [-0.39, 0.29) is 34.4 Å². The lowest BCUT2D eigenvalue weighted by atomic mass is 9.79. The molecule has 1 saturated carbocycles. The topological polar surface area (TPSA) is 146 Å². The molecule has 0 bridgehead atoms. The Kier molecular flexibility index (Phi) is 8.04. The highest BCUT2D eigenvalue weighted by Crippen LogP contribution is 2.44. The number of nitrogens with one attached hydrogen (secondary N) is 1. The number of allylic oxidation sites excluding steroid dienone is 1. The van der Waals surface area contributed by atoms with E-state index in [0.29, 0.717) is 11.5 Å². The standard InChI is InChI=1S/C32H29N3O9/c1-39-26-16-22(23(17-27(26)40-2)33-31(37)25-11-6-14-43-25)32(38)44-18-28(36)35-30(24-10-5-13-42-24)21-9-3-7-19(29(21)34-35)15-20-8-4-12-41-20/h4-6,8,10-17,21,30H,3,7,9,18H2,1-2H3,(H,33,37). The molecule has 4 aromatic rings. The summed E-state index contributed by atoms with van der Waals surface area (Å²) in [5.74, 6) is -0.305. The number of esters is 1. The second-order valence-electron chi connectivity index (χ2n) is 10.1. The molecule has 44 heavy (non-hydrogen) atoms. The van der Waals surface area contributed by atoms with Gasteiger partial charge in [-0.2, -0.15) is 5.10 Å². The molecule has 1 aromatic carbocycles. The largest absolute Gasteiger partial charge is 0.493 e. The first-order chi connectivity index (χ1) is 21.5. The van der Waals surface area contributed by atoms with E-state index >= 15 is 0 Å². The molecule has 0 saturated heterocycles. The van der Waals surface area contributed by atoms with Crippen LogP contribution < -0.4 is 14.8 Å². The van der Waals surface area contributed by atoms with Gasteiger partial charge in [-0.1, -0.05) is 0 Å². The molecule has 6 rings (SSSR count). The molecule has 1 aliphatic carbocycles. The fourth-order valence-corrected chi connectivity index (χ4v) is 5.50. The first-order valence-electron chi connectivity index (χ1n) is 13.9. The van der Waals surface area contributed by atoms with Gasteiger partial charge in [0.1, 0.15) is 17.6 Å². The number of furan rings is 3. The Balaban J connectivity index is 1.25. The van der Waals surface area contributed by atoms with Crippen molar-refractivity contribution in [3.05, 3.63) is 95.7 Å². The van der Waals surface area contributed by atoms with Crippen LogP contribution in [0.1, 0.15) is 57.7 Å². The van der Waals surface area contributed by atoms with Crippen LogP contribution in [0.4, 0.5) is 5.69 Å². The Morgan fingerprint density at radius 1 is 1.00 bits per heavy atom. The molecule has 1 fully saturated rings. The van der Waals surface area contributed by atoms with Gasteiger partial charge in [0, 0.05) is 18.1 Å². The number of fused-ring (bicyclic) bond motifs is 1. The summed E-state index contributed by atoms with van der Waals surface area (Å²) in [5, 5.41) is 8.70. The van der Waals surface area contributed by atoms with Crippen LogP contribution >= 0.6 is 0 Å². The molecule has 1 aliphatic heterocycles. The molecule has 2 amide bonds. The number of carbonyl (C=O) groups is 3. The van der Waals surface area contributed by atoms with Crippen molar-refractivity contribution in [3.63, 3.8) is 0 Å². The van der Waals surface area contributed by atoms with Crippen molar-refractivity contribution in [2.75, 3.05) is 26.1 Å².